The molecule has 0 spiro atoms. The van der Waals surface area contributed by atoms with E-state index < -0.39 is 30.4 Å². The van der Waals surface area contributed by atoms with Gasteiger partial charge in [0.15, 0.2) is 0 Å². The number of aliphatic hydroxyl groups excluding tert-OH is 1. The van der Waals surface area contributed by atoms with Gasteiger partial charge in [-0.3, -0.25) is 9.18 Å². The molecule has 7 heteroatoms. The standard InChI is InChI=1S/C26H50FNO5/c1-11-22(32-10)26(9,31)25(30)21(8)23(28-33-14-12-13-27)18(5)15-17(4)19(6)20(7)24(29)16(2)3/h16-22,25,30-31H,11-15H2,1-10H3/b28-23+/t17-,18+,19?,20+,21?,22+,25?,26+/m0/s1. The highest BCUT2D eigenvalue weighted by molar-refractivity contribution is 5.88. The molecule has 3 unspecified atom stereocenters. The van der Waals surface area contributed by atoms with Crippen LogP contribution in [0.25, 0.3) is 0 Å². The molecule has 0 aliphatic carbocycles. The van der Waals surface area contributed by atoms with Crippen molar-refractivity contribution in [3.8, 4) is 0 Å². The molecular formula is C26H50FNO5. The summed E-state index contributed by atoms with van der Waals surface area (Å²) < 4.78 is 17.9. The normalized spacial score (nSPS) is 21.0. The summed E-state index contributed by atoms with van der Waals surface area (Å²) in [6, 6.07) is 0. The number of carbonyl (C=O) groups excluding carboxylic acids is 1. The molecule has 0 rings (SSSR count). The zero-order valence-corrected chi connectivity index (χ0v) is 22.6. The predicted molar refractivity (Wildman–Crippen MR) is 132 cm³/mol. The number of hydrogen-bond acceptors (Lipinski definition) is 6. The van der Waals surface area contributed by atoms with E-state index in [9.17, 15) is 19.4 Å². The lowest BCUT2D eigenvalue weighted by Crippen LogP contribution is -2.54. The molecule has 0 aromatic carbocycles. The lowest BCUT2D eigenvalue weighted by molar-refractivity contribution is -0.154. The van der Waals surface area contributed by atoms with Gasteiger partial charge < -0.3 is 19.8 Å². The highest BCUT2D eigenvalue weighted by atomic mass is 19.1. The van der Waals surface area contributed by atoms with Crippen molar-refractivity contribution in [2.75, 3.05) is 20.4 Å². The van der Waals surface area contributed by atoms with Crippen molar-refractivity contribution in [3.05, 3.63) is 0 Å². The van der Waals surface area contributed by atoms with Crippen molar-refractivity contribution in [2.24, 2.45) is 40.7 Å². The van der Waals surface area contributed by atoms with E-state index in [4.69, 9.17) is 9.57 Å². The number of carbonyl (C=O) groups is 1. The fraction of sp³-hybridized carbons (Fsp3) is 0.923. The second-order valence-corrected chi connectivity index (χ2v) is 10.3. The summed E-state index contributed by atoms with van der Waals surface area (Å²) in [4.78, 5) is 17.9. The molecule has 6 nitrogen and oxygen atoms in total. The topological polar surface area (TPSA) is 88.3 Å². The molecule has 0 radical (unpaired) electrons. The Morgan fingerprint density at radius 3 is 2.12 bits per heavy atom. The summed E-state index contributed by atoms with van der Waals surface area (Å²) in [6.45, 7) is 17.0. The lowest BCUT2D eigenvalue weighted by atomic mass is 9.74. The van der Waals surface area contributed by atoms with Gasteiger partial charge in [-0.2, -0.15) is 0 Å². The molecule has 0 saturated carbocycles. The SMILES string of the molecule is CC[C@@H](OC)[C@@](C)(O)C(O)C(C)/C(=N/OCCCF)[C@H](C)C[C@H](C)C(C)[C@@H](C)C(=O)C(C)C. The van der Waals surface area contributed by atoms with Crippen molar-refractivity contribution in [2.45, 2.75) is 99.4 Å². The first-order valence-electron chi connectivity index (χ1n) is 12.5. The number of ether oxygens (including phenoxy) is 1. The highest BCUT2D eigenvalue weighted by Crippen LogP contribution is 2.32. The van der Waals surface area contributed by atoms with Crippen molar-refractivity contribution in [1.29, 1.82) is 0 Å². The third-order valence-electron chi connectivity index (χ3n) is 7.32. The van der Waals surface area contributed by atoms with E-state index in [1.807, 2.05) is 41.5 Å². The summed E-state index contributed by atoms with van der Waals surface area (Å²) >= 11 is 0. The highest BCUT2D eigenvalue weighted by Gasteiger charge is 2.43. The number of alkyl halides is 1. The Morgan fingerprint density at radius 1 is 1.09 bits per heavy atom. The van der Waals surface area contributed by atoms with Crippen LogP contribution in [0.15, 0.2) is 5.16 Å². The van der Waals surface area contributed by atoms with Crippen LogP contribution in [0.1, 0.15) is 81.6 Å². The zero-order chi connectivity index (χ0) is 25.9. The fourth-order valence-electron chi connectivity index (χ4n) is 4.71. The summed E-state index contributed by atoms with van der Waals surface area (Å²) in [5.41, 5.74) is -0.867. The Kier molecular flexibility index (Phi) is 14.6. The smallest absolute Gasteiger partial charge is 0.138 e. The Balaban J connectivity index is 5.69. The van der Waals surface area contributed by atoms with Crippen LogP contribution in [0.5, 0.6) is 0 Å². The molecular weight excluding hydrogens is 425 g/mol. The van der Waals surface area contributed by atoms with Crippen LogP contribution in [0, 0.1) is 35.5 Å². The van der Waals surface area contributed by atoms with E-state index in [1.54, 1.807) is 6.92 Å². The van der Waals surface area contributed by atoms with E-state index in [0.717, 1.165) is 6.42 Å². The number of ketones is 1. The van der Waals surface area contributed by atoms with Gasteiger partial charge in [0.2, 0.25) is 0 Å². The van der Waals surface area contributed by atoms with Gasteiger partial charge in [0, 0.05) is 31.3 Å². The minimum Gasteiger partial charge on any atom is -0.396 e. The van der Waals surface area contributed by atoms with E-state index >= 15 is 0 Å². The first-order valence-corrected chi connectivity index (χ1v) is 12.5. The zero-order valence-electron chi connectivity index (χ0n) is 22.6. The molecule has 0 bridgehead atoms. The molecule has 0 aliphatic heterocycles. The second kappa shape index (κ2) is 15.0. The minimum absolute atomic E-state index is 0.00204. The second-order valence-electron chi connectivity index (χ2n) is 10.3. The molecule has 0 aromatic rings. The van der Waals surface area contributed by atoms with Crippen molar-refractivity contribution < 1.29 is 29.0 Å². The number of hydrogen-bond donors (Lipinski definition) is 2. The van der Waals surface area contributed by atoms with Crippen LogP contribution in [0.2, 0.25) is 0 Å². The quantitative estimate of drug-likeness (QED) is 0.175. The van der Waals surface area contributed by atoms with Crippen LogP contribution in [0.4, 0.5) is 4.39 Å². The first kappa shape index (κ1) is 31.9. The molecule has 196 valence electrons. The minimum atomic E-state index is -1.49. The molecule has 0 aromatic heterocycles. The van der Waals surface area contributed by atoms with Gasteiger partial charge in [0.25, 0.3) is 0 Å². The van der Waals surface area contributed by atoms with Gasteiger partial charge in [-0.25, -0.2) is 0 Å². The van der Waals surface area contributed by atoms with Gasteiger partial charge >= 0.3 is 0 Å². The number of rotatable bonds is 17. The number of methoxy groups -OCH3 is 1. The van der Waals surface area contributed by atoms with Crippen molar-refractivity contribution in [3.63, 3.8) is 0 Å². The molecule has 0 aliphatic rings. The Labute approximate surface area is 201 Å². The Hall–Kier alpha value is -1.05. The van der Waals surface area contributed by atoms with Gasteiger partial charge in [-0.1, -0.05) is 60.5 Å². The van der Waals surface area contributed by atoms with Gasteiger partial charge in [0.05, 0.1) is 24.6 Å². The summed E-state index contributed by atoms with van der Waals surface area (Å²) in [5.74, 6) is 0.0229. The van der Waals surface area contributed by atoms with Crippen molar-refractivity contribution >= 4 is 11.5 Å². The van der Waals surface area contributed by atoms with Crippen LogP contribution >= 0.6 is 0 Å². The number of Topliss-reactive ketones (excluding diaryl/α,β-unsaturated/α-hetero) is 1. The maximum atomic E-state index is 12.5. The van der Waals surface area contributed by atoms with E-state index in [0.29, 0.717) is 12.1 Å². The third-order valence-corrected chi connectivity index (χ3v) is 7.32. The van der Waals surface area contributed by atoms with Crippen LogP contribution in [0.3, 0.4) is 0 Å². The summed E-state index contributed by atoms with van der Waals surface area (Å²) in [6.07, 6.45) is -0.158. The van der Waals surface area contributed by atoms with Gasteiger partial charge in [-0.05, 0) is 37.5 Å². The number of aliphatic hydroxyl groups is 2. The molecule has 0 saturated heterocycles. The molecule has 0 amide bonds. The van der Waals surface area contributed by atoms with Gasteiger partial charge in [0.1, 0.15) is 18.0 Å². The number of oxime groups is 1. The molecule has 8 atom stereocenters. The van der Waals surface area contributed by atoms with E-state index in [2.05, 4.69) is 19.0 Å². The van der Waals surface area contributed by atoms with E-state index in [-0.39, 0.29) is 48.4 Å². The monoisotopic (exact) mass is 475 g/mol. The van der Waals surface area contributed by atoms with E-state index in [1.165, 1.54) is 7.11 Å². The molecule has 2 N–H and O–H groups in total. The van der Waals surface area contributed by atoms with Gasteiger partial charge in [-0.15, -0.1) is 0 Å². The molecule has 0 fully saturated rings. The Morgan fingerprint density at radius 2 is 1.67 bits per heavy atom. The number of halogens is 1. The van der Waals surface area contributed by atoms with Crippen LogP contribution < -0.4 is 0 Å². The fourth-order valence-corrected chi connectivity index (χ4v) is 4.71. The van der Waals surface area contributed by atoms with Crippen molar-refractivity contribution in [1.82, 2.24) is 0 Å². The Bertz CT molecular complexity index is 591. The lowest BCUT2D eigenvalue weighted by Gasteiger charge is -2.39. The predicted octanol–water partition coefficient (Wildman–Crippen LogP) is 5.05. The first-order chi connectivity index (χ1) is 15.3. The van der Waals surface area contributed by atoms with Crippen LogP contribution in [-0.2, 0) is 14.4 Å². The average molecular weight is 476 g/mol. The average Bonchev–Trinajstić information content (AvgIpc) is 2.76. The number of nitrogens with zero attached hydrogens (tertiary/aromatic N) is 1. The third kappa shape index (κ3) is 9.25. The maximum absolute atomic E-state index is 12.5. The maximum Gasteiger partial charge on any atom is 0.138 e. The van der Waals surface area contributed by atoms with Crippen LogP contribution in [-0.4, -0.2) is 59.9 Å². The largest absolute Gasteiger partial charge is 0.396 e. The molecule has 33 heavy (non-hydrogen) atoms. The summed E-state index contributed by atoms with van der Waals surface area (Å²) in [5, 5.41) is 26.4. The molecule has 0 heterocycles. The summed E-state index contributed by atoms with van der Waals surface area (Å²) in [7, 11) is 1.51.